The van der Waals surface area contributed by atoms with Crippen molar-refractivity contribution in [1.82, 2.24) is 0 Å². The highest BCUT2D eigenvalue weighted by molar-refractivity contribution is 5.96. The van der Waals surface area contributed by atoms with E-state index < -0.39 is 0 Å². The average molecular weight is 179 g/mol. The second-order valence-electron chi connectivity index (χ2n) is 3.83. The van der Waals surface area contributed by atoms with Gasteiger partial charge in [0, 0.05) is 12.0 Å². The van der Waals surface area contributed by atoms with E-state index in [4.69, 9.17) is 10.2 Å². The molecule has 0 atom stereocenters. The number of Topliss-reactive ketones (excluding diaryl/α,β-unsaturated/α-hetero) is 1. The van der Waals surface area contributed by atoms with E-state index >= 15 is 0 Å². The molecule has 0 amide bonds. The first-order valence-corrected chi connectivity index (χ1v) is 4.54. The minimum Gasteiger partial charge on any atom is -0.472 e. The van der Waals surface area contributed by atoms with E-state index in [9.17, 15) is 4.79 Å². The standard InChI is InChI=1S/C10H13NO2/c11-10(3-1-4-10)6-9(12)8-2-5-13-7-8/h2,5,7H,1,3-4,6,11H2. The van der Waals surface area contributed by atoms with E-state index in [0.717, 1.165) is 19.3 Å². The van der Waals surface area contributed by atoms with Crippen molar-refractivity contribution in [2.24, 2.45) is 5.73 Å². The Labute approximate surface area is 76.9 Å². The van der Waals surface area contributed by atoms with Crippen LogP contribution < -0.4 is 5.73 Å². The molecule has 1 heterocycles. The normalized spacial score (nSPS) is 19.5. The molecule has 0 radical (unpaired) electrons. The summed E-state index contributed by atoms with van der Waals surface area (Å²) in [6.07, 6.45) is 6.52. The molecule has 3 nitrogen and oxygen atoms in total. The van der Waals surface area contributed by atoms with Gasteiger partial charge in [-0.25, -0.2) is 0 Å². The van der Waals surface area contributed by atoms with E-state index in [2.05, 4.69) is 0 Å². The smallest absolute Gasteiger partial charge is 0.167 e. The molecule has 1 aliphatic rings. The van der Waals surface area contributed by atoms with Crippen LogP contribution in [0.3, 0.4) is 0 Å². The van der Waals surface area contributed by atoms with Crippen molar-refractivity contribution in [3.63, 3.8) is 0 Å². The molecule has 1 aliphatic carbocycles. The van der Waals surface area contributed by atoms with Gasteiger partial charge in [0.05, 0.1) is 11.8 Å². The van der Waals surface area contributed by atoms with Crippen LogP contribution in [0.25, 0.3) is 0 Å². The Kier molecular flexibility index (Phi) is 1.96. The fourth-order valence-corrected chi connectivity index (χ4v) is 1.65. The number of furan rings is 1. The molecule has 0 bridgehead atoms. The summed E-state index contributed by atoms with van der Waals surface area (Å²) in [7, 11) is 0. The quantitative estimate of drug-likeness (QED) is 0.719. The minimum absolute atomic E-state index is 0.0935. The number of ketones is 1. The van der Waals surface area contributed by atoms with Crippen molar-refractivity contribution >= 4 is 5.78 Å². The Morgan fingerprint density at radius 2 is 2.38 bits per heavy atom. The highest BCUT2D eigenvalue weighted by Crippen LogP contribution is 2.33. The van der Waals surface area contributed by atoms with E-state index in [1.165, 1.54) is 12.5 Å². The lowest BCUT2D eigenvalue weighted by atomic mass is 9.74. The zero-order valence-electron chi connectivity index (χ0n) is 7.45. The number of carbonyl (C=O) groups is 1. The molecular formula is C10H13NO2. The molecule has 2 rings (SSSR count). The summed E-state index contributed by atoms with van der Waals surface area (Å²) in [6.45, 7) is 0. The van der Waals surface area contributed by atoms with Gasteiger partial charge >= 0.3 is 0 Å². The molecule has 1 fully saturated rings. The molecule has 0 spiro atoms. The summed E-state index contributed by atoms with van der Waals surface area (Å²) in [6, 6.07) is 1.68. The molecule has 1 saturated carbocycles. The van der Waals surface area contributed by atoms with Crippen LogP contribution in [0.2, 0.25) is 0 Å². The number of carbonyl (C=O) groups excluding carboxylic acids is 1. The zero-order valence-corrected chi connectivity index (χ0v) is 7.45. The third-order valence-electron chi connectivity index (χ3n) is 2.71. The largest absolute Gasteiger partial charge is 0.472 e. The Morgan fingerprint density at radius 3 is 2.85 bits per heavy atom. The molecule has 0 saturated heterocycles. The maximum absolute atomic E-state index is 11.6. The van der Waals surface area contributed by atoms with Gasteiger partial charge in [0.1, 0.15) is 6.26 Å². The highest BCUT2D eigenvalue weighted by atomic mass is 16.3. The van der Waals surface area contributed by atoms with Gasteiger partial charge in [-0.3, -0.25) is 4.79 Å². The Bertz CT molecular complexity index is 299. The van der Waals surface area contributed by atoms with Crippen molar-refractivity contribution in [2.45, 2.75) is 31.2 Å². The van der Waals surface area contributed by atoms with E-state index in [-0.39, 0.29) is 11.3 Å². The van der Waals surface area contributed by atoms with Gasteiger partial charge in [-0.1, -0.05) is 0 Å². The van der Waals surface area contributed by atoms with Gasteiger partial charge in [-0.05, 0) is 25.3 Å². The van der Waals surface area contributed by atoms with Crippen molar-refractivity contribution in [3.8, 4) is 0 Å². The summed E-state index contributed by atoms with van der Waals surface area (Å²) >= 11 is 0. The molecule has 2 N–H and O–H groups in total. The monoisotopic (exact) mass is 179 g/mol. The van der Waals surface area contributed by atoms with Crippen LogP contribution in [0.4, 0.5) is 0 Å². The van der Waals surface area contributed by atoms with Crippen molar-refractivity contribution in [1.29, 1.82) is 0 Å². The van der Waals surface area contributed by atoms with Crippen LogP contribution in [0.15, 0.2) is 23.0 Å². The Balaban J connectivity index is 1.99. The van der Waals surface area contributed by atoms with Gasteiger partial charge in [0.2, 0.25) is 0 Å². The first-order chi connectivity index (χ1) is 6.20. The van der Waals surface area contributed by atoms with Crippen LogP contribution in [-0.4, -0.2) is 11.3 Å². The fraction of sp³-hybridized carbons (Fsp3) is 0.500. The van der Waals surface area contributed by atoms with Crippen molar-refractivity contribution < 1.29 is 9.21 Å². The van der Waals surface area contributed by atoms with Gasteiger partial charge in [-0.15, -0.1) is 0 Å². The first kappa shape index (κ1) is 8.51. The fourth-order valence-electron chi connectivity index (χ4n) is 1.65. The third-order valence-corrected chi connectivity index (χ3v) is 2.71. The van der Waals surface area contributed by atoms with E-state index in [0.29, 0.717) is 12.0 Å². The lowest BCUT2D eigenvalue weighted by molar-refractivity contribution is 0.0911. The lowest BCUT2D eigenvalue weighted by Crippen LogP contribution is -2.48. The second-order valence-corrected chi connectivity index (χ2v) is 3.83. The maximum Gasteiger partial charge on any atom is 0.167 e. The van der Waals surface area contributed by atoms with Crippen LogP contribution >= 0.6 is 0 Å². The van der Waals surface area contributed by atoms with Gasteiger partial charge < -0.3 is 10.2 Å². The highest BCUT2D eigenvalue weighted by Gasteiger charge is 2.34. The summed E-state index contributed by atoms with van der Waals surface area (Å²) in [5.74, 6) is 0.0935. The summed E-state index contributed by atoms with van der Waals surface area (Å²) in [5, 5.41) is 0. The molecule has 0 aliphatic heterocycles. The SMILES string of the molecule is NC1(CC(=O)c2ccoc2)CCC1. The van der Waals surface area contributed by atoms with Crippen LogP contribution in [0, 0.1) is 0 Å². The summed E-state index contributed by atoms with van der Waals surface area (Å²) in [5.41, 5.74) is 6.37. The molecule has 3 heteroatoms. The van der Waals surface area contributed by atoms with Crippen molar-refractivity contribution in [2.75, 3.05) is 0 Å². The molecule has 0 aromatic carbocycles. The lowest BCUT2D eigenvalue weighted by Gasteiger charge is -2.37. The van der Waals surface area contributed by atoms with Crippen LogP contribution in [0.1, 0.15) is 36.0 Å². The zero-order chi connectivity index (χ0) is 9.31. The number of hydrogen-bond donors (Lipinski definition) is 1. The number of nitrogens with two attached hydrogens (primary N) is 1. The van der Waals surface area contributed by atoms with Gasteiger partial charge in [0.15, 0.2) is 5.78 Å². The maximum atomic E-state index is 11.6. The molecule has 1 aromatic rings. The molecule has 1 aromatic heterocycles. The summed E-state index contributed by atoms with van der Waals surface area (Å²) < 4.78 is 4.84. The Morgan fingerprint density at radius 1 is 1.62 bits per heavy atom. The number of hydrogen-bond acceptors (Lipinski definition) is 3. The Hall–Kier alpha value is -1.09. The number of rotatable bonds is 3. The molecule has 70 valence electrons. The predicted molar refractivity (Wildman–Crippen MR) is 48.4 cm³/mol. The van der Waals surface area contributed by atoms with Crippen molar-refractivity contribution in [3.05, 3.63) is 24.2 Å². The van der Waals surface area contributed by atoms with Gasteiger partial charge in [-0.2, -0.15) is 0 Å². The van der Waals surface area contributed by atoms with Crippen LogP contribution in [0.5, 0.6) is 0 Å². The molecular weight excluding hydrogens is 166 g/mol. The van der Waals surface area contributed by atoms with Gasteiger partial charge in [0.25, 0.3) is 0 Å². The van der Waals surface area contributed by atoms with E-state index in [1.54, 1.807) is 6.07 Å². The predicted octanol–water partition coefficient (Wildman–Crippen LogP) is 1.73. The average Bonchev–Trinajstić information content (AvgIpc) is 2.53. The topological polar surface area (TPSA) is 56.2 Å². The third kappa shape index (κ3) is 1.65. The molecule has 13 heavy (non-hydrogen) atoms. The van der Waals surface area contributed by atoms with E-state index in [1.807, 2.05) is 0 Å². The molecule has 0 unspecified atom stereocenters. The summed E-state index contributed by atoms with van der Waals surface area (Å²) in [4.78, 5) is 11.6. The minimum atomic E-state index is -0.228. The second kappa shape index (κ2) is 3.00. The van der Waals surface area contributed by atoms with Crippen LogP contribution in [-0.2, 0) is 0 Å². The first-order valence-electron chi connectivity index (χ1n) is 4.54.